The van der Waals surface area contributed by atoms with Crippen molar-refractivity contribution in [2.45, 2.75) is 31.2 Å². The molecule has 0 aliphatic carbocycles. The van der Waals surface area contributed by atoms with Crippen molar-refractivity contribution in [3.8, 4) is 0 Å². The molecule has 2 aromatic rings. The predicted octanol–water partition coefficient (Wildman–Crippen LogP) is 4.85. The molecule has 2 aromatic carbocycles. The molecule has 4 rings (SSSR count). The maximum atomic E-state index is 5.51. The van der Waals surface area contributed by atoms with Crippen LogP contribution in [-0.4, -0.2) is 61.8 Å². The van der Waals surface area contributed by atoms with E-state index in [0.29, 0.717) is 12.0 Å². The van der Waals surface area contributed by atoms with Gasteiger partial charge in [-0.05, 0) is 30.5 Å². The summed E-state index contributed by atoms with van der Waals surface area (Å²) in [5.74, 6) is 0.456. The van der Waals surface area contributed by atoms with Crippen LogP contribution in [0.1, 0.15) is 36.3 Å². The van der Waals surface area contributed by atoms with Crippen LogP contribution in [0.15, 0.2) is 60.7 Å². The minimum absolute atomic E-state index is 0. The van der Waals surface area contributed by atoms with Gasteiger partial charge in [0, 0.05) is 38.1 Å². The van der Waals surface area contributed by atoms with Crippen LogP contribution < -0.4 is 0 Å². The zero-order valence-electron chi connectivity index (χ0n) is 17.1. The first-order valence-electron chi connectivity index (χ1n) is 10.6. The minimum atomic E-state index is 0. The van der Waals surface area contributed by atoms with Gasteiger partial charge in [-0.15, -0.1) is 24.8 Å². The Hall–Kier alpha value is -1.10. The second-order valence-corrected chi connectivity index (χ2v) is 7.85. The zero-order chi connectivity index (χ0) is 18.3. The summed E-state index contributed by atoms with van der Waals surface area (Å²) in [5, 5.41) is 0. The van der Waals surface area contributed by atoms with Gasteiger partial charge in [-0.1, -0.05) is 67.1 Å². The summed E-state index contributed by atoms with van der Waals surface area (Å²) in [6.07, 6.45) is 3.96. The molecule has 1 atom stereocenters. The quantitative estimate of drug-likeness (QED) is 0.643. The fourth-order valence-corrected chi connectivity index (χ4v) is 4.72. The Morgan fingerprint density at radius 3 is 1.93 bits per heavy atom. The van der Waals surface area contributed by atoms with Crippen molar-refractivity contribution < 1.29 is 4.74 Å². The third-order valence-corrected chi connectivity index (χ3v) is 6.17. The van der Waals surface area contributed by atoms with Gasteiger partial charge in [0.15, 0.2) is 0 Å². The molecule has 0 aromatic heterocycles. The highest BCUT2D eigenvalue weighted by molar-refractivity contribution is 5.85. The summed E-state index contributed by atoms with van der Waals surface area (Å²) in [4.78, 5) is 5.33. The molecular formula is C24H34Cl2N2O. The number of hydrogen-bond acceptors (Lipinski definition) is 3. The first kappa shape index (κ1) is 24.2. The van der Waals surface area contributed by atoms with Crippen LogP contribution >= 0.6 is 24.8 Å². The number of nitrogens with zero attached hydrogens (tertiary/aromatic N) is 2. The highest BCUT2D eigenvalue weighted by atomic mass is 35.5. The Balaban J connectivity index is 0.00000150. The molecule has 0 saturated carbocycles. The minimum Gasteiger partial charge on any atom is -0.379 e. The van der Waals surface area contributed by atoms with Gasteiger partial charge in [0.05, 0.1) is 13.2 Å². The first-order valence-corrected chi connectivity index (χ1v) is 10.6. The summed E-state index contributed by atoms with van der Waals surface area (Å²) in [6, 6.07) is 22.8. The first-order chi connectivity index (χ1) is 13.4. The van der Waals surface area contributed by atoms with Gasteiger partial charge in [-0.25, -0.2) is 0 Å². The van der Waals surface area contributed by atoms with Crippen LogP contribution in [-0.2, 0) is 4.74 Å². The third kappa shape index (κ3) is 6.44. The number of likely N-dealkylation sites (tertiary alicyclic amines) is 1. The van der Waals surface area contributed by atoms with Crippen molar-refractivity contribution in [1.82, 2.24) is 9.80 Å². The lowest BCUT2D eigenvalue weighted by atomic mass is 9.80. The molecular weight excluding hydrogens is 403 g/mol. The van der Waals surface area contributed by atoms with Crippen molar-refractivity contribution in [2.24, 2.45) is 0 Å². The summed E-state index contributed by atoms with van der Waals surface area (Å²) in [6.45, 7) is 7.50. The molecule has 5 heteroatoms. The fraction of sp³-hybridized carbons (Fsp3) is 0.500. The SMILES string of the molecule is Cl.Cl.c1ccc(C(c2ccccc2)C2CCCCN2CCN2CCOCC2)cc1. The molecule has 1 unspecified atom stereocenters. The Morgan fingerprint density at radius 1 is 0.759 bits per heavy atom. The topological polar surface area (TPSA) is 15.7 Å². The summed E-state index contributed by atoms with van der Waals surface area (Å²) in [7, 11) is 0. The van der Waals surface area contributed by atoms with E-state index in [-0.39, 0.29) is 24.8 Å². The van der Waals surface area contributed by atoms with E-state index in [2.05, 4.69) is 70.5 Å². The highest BCUT2D eigenvalue weighted by Gasteiger charge is 2.32. The second-order valence-electron chi connectivity index (χ2n) is 7.85. The van der Waals surface area contributed by atoms with Crippen molar-refractivity contribution in [3.63, 3.8) is 0 Å². The van der Waals surface area contributed by atoms with E-state index in [4.69, 9.17) is 4.74 Å². The van der Waals surface area contributed by atoms with Gasteiger partial charge in [-0.2, -0.15) is 0 Å². The van der Waals surface area contributed by atoms with E-state index in [9.17, 15) is 0 Å². The van der Waals surface area contributed by atoms with E-state index >= 15 is 0 Å². The molecule has 0 radical (unpaired) electrons. The number of halogens is 2. The molecule has 0 amide bonds. The van der Waals surface area contributed by atoms with E-state index in [1.54, 1.807) is 0 Å². The number of ether oxygens (including phenoxy) is 1. The second kappa shape index (κ2) is 12.6. The van der Waals surface area contributed by atoms with Crippen LogP contribution in [0.3, 0.4) is 0 Å². The lowest BCUT2D eigenvalue weighted by molar-refractivity contribution is 0.0274. The number of piperidine rings is 1. The Labute approximate surface area is 188 Å². The molecule has 0 spiro atoms. The van der Waals surface area contributed by atoms with Crippen LogP contribution in [0.25, 0.3) is 0 Å². The van der Waals surface area contributed by atoms with E-state index in [1.165, 1.54) is 43.5 Å². The number of hydrogen-bond donors (Lipinski definition) is 0. The lowest BCUT2D eigenvalue weighted by Gasteiger charge is -2.42. The average molecular weight is 437 g/mol. The van der Waals surface area contributed by atoms with Crippen LogP contribution in [0.2, 0.25) is 0 Å². The standard InChI is InChI=1S/C24H32N2O.2ClH/c1-3-9-21(10-4-1)24(22-11-5-2-6-12-22)23-13-7-8-14-26(23)16-15-25-17-19-27-20-18-25;;/h1-6,9-12,23-24H,7-8,13-20H2;2*1H. The molecule has 0 bridgehead atoms. The number of rotatable bonds is 6. The third-order valence-electron chi connectivity index (χ3n) is 6.17. The molecule has 2 aliphatic rings. The van der Waals surface area contributed by atoms with E-state index < -0.39 is 0 Å². The Morgan fingerprint density at radius 2 is 1.34 bits per heavy atom. The molecule has 160 valence electrons. The monoisotopic (exact) mass is 436 g/mol. The van der Waals surface area contributed by atoms with Gasteiger partial charge in [-0.3, -0.25) is 9.80 Å². The zero-order valence-corrected chi connectivity index (χ0v) is 18.8. The summed E-state index contributed by atoms with van der Waals surface area (Å²) >= 11 is 0. The summed E-state index contributed by atoms with van der Waals surface area (Å²) < 4.78 is 5.51. The molecule has 2 fully saturated rings. The van der Waals surface area contributed by atoms with Gasteiger partial charge >= 0.3 is 0 Å². The predicted molar refractivity (Wildman–Crippen MR) is 126 cm³/mol. The van der Waals surface area contributed by atoms with Crippen molar-refractivity contribution >= 4 is 24.8 Å². The Kier molecular flexibility index (Phi) is 10.5. The molecule has 0 N–H and O–H groups in total. The van der Waals surface area contributed by atoms with Crippen LogP contribution in [0, 0.1) is 0 Å². The van der Waals surface area contributed by atoms with E-state index in [0.717, 1.165) is 32.8 Å². The summed E-state index contributed by atoms with van der Waals surface area (Å²) in [5.41, 5.74) is 2.90. The van der Waals surface area contributed by atoms with Crippen molar-refractivity contribution in [2.75, 3.05) is 45.9 Å². The molecule has 2 aliphatic heterocycles. The van der Waals surface area contributed by atoms with Crippen molar-refractivity contribution in [3.05, 3.63) is 71.8 Å². The molecule has 2 heterocycles. The normalized spacial score (nSPS) is 20.7. The van der Waals surface area contributed by atoms with Gasteiger partial charge in [0.2, 0.25) is 0 Å². The molecule has 3 nitrogen and oxygen atoms in total. The molecule has 2 saturated heterocycles. The fourth-order valence-electron chi connectivity index (χ4n) is 4.72. The van der Waals surface area contributed by atoms with Gasteiger partial charge < -0.3 is 4.74 Å². The van der Waals surface area contributed by atoms with Crippen LogP contribution in [0.4, 0.5) is 0 Å². The Bertz CT molecular complexity index is 640. The maximum absolute atomic E-state index is 5.51. The number of benzene rings is 2. The van der Waals surface area contributed by atoms with E-state index in [1.807, 2.05) is 0 Å². The number of morpholine rings is 1. The van der Waals surface area contributed by atoms with Gasteiger partial charge in [0.1, 0.15) is 0 Å². The van der Waals surface area contributed by atoms with Gasteiger partial charge in [0.25, 0.3) is 0 Å². The highest BCUT2D eigenvalue weighted by Crippen LogP contribution is 2.35. The maximum Gasteiger partial charge on any atom is 0.0594 e. The lowest BCUT2D eigenvalue weighted by Crippen LogP contribution is -2.48. The smallest absolute Gasteiger partial charge is 0.0594 e. The molecule has 29 heavy (non-hydrogen) atoms. The van der Waals surface area contributed by atoms with Crippen molar-refractivity contribution in [1.29, 1.82) is 0 Å². The average Bonchev–Trinajstić information content (AvgIpc) is 2.76. The largest absolute Gasteiger partial charge is 0.379 e. The van der Waals surface area contributed by atoms with Crippen LogP contribution in [0.5, 0.6) is 0 Å².